The van der Waals surface area contributed by atoms with E-state index in [0.717, 1.165) is 28.5 Å². The van der Waals surface area contributed by atoms with Crippen LogP contribution in [0.1, 0.15) is 12.5 Å². The van der Waals surface area contributed by atoms with Crippen LogP contribution in [0, 0.1) is 6.92 Å². The van der Waals surface area contributed by atoms with E-state index >= 15 is 0 Å². The fourth-order valence-electron chi connectivity index (χ4n) is 3.52. The highest BCUT2D eigenvalue weighted by atomic mass is 35.5. The molecular weight excluding hydrogens is 374 g/mol. The summed E-state index contributed by atoms with van der Waals surface area (Å²) in [5.41, 5.74) is 5.45. The molecule has 0 fully saturated rings. The number of hydrogen-bond acceptors (Lipinski definition) is 1. The largest absolute Gasteiger partial charge is 0.341 e. The van der Waals surface area contributed by atoms with Crippen molar-refractivity contribution in [3.05, 3.63) is 71.2 Å². The average molecular weight is 394 g/mol. The highest BCUT2D eigenvalue weighted by Gasteiger charge is 2.10. The molecule has 0 bridgehead atoms. The summed E-state index contributed by atoms with van der Waals surface area (Å²) >= 11 is 11.5. The van der Waals surface area contributed by atoms with E-state index in [9.17, 15) is 0 Å². The molecule has 1 aromatic heterocycles. The van der Waals surface area contributed by atoms with Gasteiger partial charge >= 0.3 is 0 Å². The van der Waals surface area contributed by atoms with Crippen molar-refractivity contribution < 1.29 is 0 Å². The third-order valence-corrected chi connectivity index (χ3v) is 5.22. The summed E-state index contributed by atoms with van der Waals surface area (Å²) in [5, 5.41) is 10.3. The number of aryl methyl sites for hydroxylation is 2. The average Bonchev–Trinajstić information content (AvgIpc) is 2.97. The second kappa shape index (κ2) is 7.22. The maximum Gasteiger partial charge on any atom is 0.175 e. The van der Waals surface area contributed by atoms with Crippen LogP contribution < -0.4 is 10.6 Å². The lowest BCUT2D eigenvalue weighted by atomic mass is 10.1. The molecule has 0 radical (unpaired) electrons. The SMILES string of the molecule is CCn1c2ccccc2c2cc(NC(=S)Nc3ccc(Cl)cc3C)ccc21. The fourth-order valence-corrected chi connectivity index (χ4v) is 3.98. The van der Waals surface area contributed by atoms with E-state index in [-0.39, 0.29) is 0 Å². The van der Waals surface area contributed by atoms with Crippen LogP contribution in [0.5, 0.6) is 0 Å². The van der Waals surface area contributed by atoms with E-state index in [4.69, 9.17) is 23.8 Å². The van der Waals surface area contributed by atoms with Gasteiger partial charge in [0.2, 0.25) is 0 Å². The van der Waals surface area contributed by atoms with Gasteiger partial charge in [0.15, 0.2) is 5.11 Å². The van der Waals surface area contributed by atoms with Gasteiger partial charge in [-0.2, -0.15) is 0 Å². The Morgan fingerprint density at radius 3 is 2.52 bits per heavy atom. The maximum absolute atomic E-state index is 6.02. The van der Waals surface area contributed by atoms with Crippen molar-refractivity contribution in [1.29, 1.82) is 0 Å². The molecule has 0 unspecified atom stereocenters. The summed E-state index contributed by atoms with van der Waals surface area (Å²) in [6, 6.07) is 20.6. The first kappa shape index (κ1) is 17.8. The number of nitrogens with zero attached hydrogens (tertiary/aromatic N) is 1. The molecule has 27 heavy (non-hydrogen) atoms. The van der Waals surface area contributed by atoms with E-state index in [1.165, 1.54) is 21.8 Å². The standard InChI is InChI=1S/C22H20ClN3S/c1-3-26-20-7-5-4-6-17(20)18-13-16(9-11-21(18)26)24-22(27)25-19-10-8-15(23)12-14(19)2/h4-13H,3H2,1-2H3,(H2,24,25,27). The molecule has 4 aromatic rings. The van der Waals surface area contributed by atoms with Crippen molar-refractivity contribution in [2.75, 3.05) is 10.6 Å². The quantitative estimate of drug-likeness (QED) is 0.385. The molecule has 0 amide bonds. The molecule has 1 heterocycles. The summed E-state index contributed by atoms with van der Waals surface area (Å²) in [5.74, 6) is 0. The minimum atomic E-state index is 0.555. The summed E-state index contributed by atoms with van der Waals surface area (Å²) < 4.78 is 2.34. The van der Waals surface area contributed by atoms with Gasteiger partial charge in [-0.05, 0) is 74.1 Å². The molecule has 3 aromatic carbocycles. The van der Waals surface area contributed by atoms with Gasteiger partial charge in [-0.15, -0.1) is 0 Å². The van der Waals surface area contributed by atoms with Gasteiger partial charge in [-0.1, -0.05) is 29.8 Å². The Kier molecular flexibility index (Phi) is 4.77. The summed E-state index contributed by atoms with van der Waals surface area (Å²) in [6.45, 7) is 5.11. The van der Waals surface area contributed by atoms with Crippen molar-refractivity contribution in [2.24, 2.45) is 0 Å². The number of para-hydroxylation sites is 1. The van der Waals surface area contributed by atoms with Crippen molar-refractivity contribution in [1.82, 2.24) is 4.57 Å². The molecule has 136 valence electrons. The van der Waals surface area contributed by atoms with E-state index in [1.807, 2.05) is 25.1 Å². The smallest absolute Gasteiger partial charge is 0.175 e. The lowest BCUT2D eigenvalue weighted by Gasteiger charge is -2.13. The first-order valence-corrected chi connectivity index (χ1v) is 9.70. The lowest BCUT2D eigenvalue weighted by molar-refractivity contribution is 0.827. The number of benzene rings is 3. The van der Waals surface area contributed by atoms with E-state index in [0.29, 0.717) is 5.11 Å². The van der Waals surface area contributed by atoms with E-state index in [2.05, 4.69) is 64.6 Å². The van der Waals surface area contributed by atoms with Crippen molar-refractivity contribution >= 4 is 62.1 Å². The highest BCUT2D eigenvalue weighted by molar-refractivity contribution is 7.80. The second-order valence-corrected chi connectivity index (χ2v) is 7.38. The monoisotopic (exact) mass is 393 g/mol. The summed E-state index contributed by atoms with van der Waals surface area (Å²) in [4.78, 5) is 0. The van der Waals surface area contributed by atoms with Crippen LogP contribution in [0.3, 0.4) is 0 Å². The maximum atomic E-state index is 6.02. The zero-order chi connectivity index (χ0) is 19.0. The van der Waals surface area contributed by atoms with Gasteiger partial charge in [0.1, 0.15) is 0 Å². The molecule has 0 saturated carbocycles. The predicted octanol–water partition coefficient (Wildman–Crippen LogP) is 6.59. The molecule has 4 rings (SSSR count). The number of aromatic nitrogens is 1. The van der Waals surface area contributed by atoms with Gasteiger partial charge in [0, 0.05) is 44.7 Å². The van der Waals surface area contributed by atoms with E-state index < -0.39 is 0 Å². The Balaban J connectivity index is 1.64. The number of hydrogen-bond donors (Lipinski definition) is 2. The normalized spacial score (nSPS) is 11.1. The number of rotatable bonds is 3. The van der Waals surface area contributed by atoms with Crippen LogP contribution in [0.2, 0.25) is 5.02 Å². The van der Waals surface area contributed by atoms with Gasteiger partial charge in [0.25, 0.3) is 0 Å². The first-order chi connectivity index (χ1) is 13.1. The lowest BCUT2D eigenvalue weighted by Crippen LogP contribution is -2.19. The molecule has 2 N–H and O–H groups in total. The van der Waals surface area contributed by atoms with Crippen molar-refractivity contribution in [3.8, 4) is 0 Å². The number of nitrogens with one attached hydrogen (secondary N) is 2. The number of anilines is 2. The molecule has 0 aliphatic rings. The van der Waals surface area contributed by atoms with Crippen molar-refractivity contribution in [3.63, 3.8) is 0 Å². The summed E-state index contributed by atoms with van der Waals surface area (Å²) in [7, 11) is 0. The minimum Gasteiger partial charge on any atom is -0.341 e. The molecule has 0 aliphatic heterocycles. The Labute approximate surface area is 168 Å². The topological polar surface area (TPSA) is 29.0 Å². The highest BCUT2D eigenvalue weighted by Crippen LogP contribution is 2.31. The zero-order valence-electron chi connectivity index (χ0n) is 15.2. The minimum absolute atomic E-state index is 0.555. The Morgan fingerprint density at radius 1 is 0.963 bits per heavy atom. The number of halogens is 1. The van der Waals surface area contributed by atoms with Crippen LogP contribution >= 0.6 is 23.8 Å². The van der Waals surface area contributed by atoms with Gasteiger partial charge in [-0.3, -0.25) is 0 Å². The summed E-state index contributed by atoms with van der Waals surface area (Å²) in [6.07, 6.45) is 0. The van der Waals surface area contributed by atoms with Gasteiger partial charge in [0.05, 0.1) is 0 Å². The molecular formula is C22H20ClN3S. The van der Waals surface area contributed by atoms with Gasteiger partial charge < -0.3 is 15.2 Å². The van der Waals surface area contributed by atoms with Crippen LogP contribution in [0.25, 0.3) is 21.8 Å². The van der Waals surface area contributed by atoms with Crippen molar-refractivity contribution in [2.45, 2.75) is 20.4 Å². The number of fused-ring (bicyclic) bond motifs is 3. The van der Waals surface area contributed by atoms with E-state index in [1.54, 1.807) is 0 Å². The van der Waals surface area contributed by atoms with Gasteiger partial charge in [-0.25, -0.2) is 0 Å². The zero-order valence-corrected chi connectivity index (χ0v) is 16.8. The Morgan fingerprint density at radius 2 is 1.74 bits per heavy atom. The second-order valence-electron chi connectivity index (χ2n) is 6.53. The Bertz CT molecular complexity index is 1160. The van der Waals surface area contributed by atoms with Crippen LogP contribution in [0.15, 0.2) is 60.7 Å². The molecule has 0 aliphatic carbocycles. The Hall–Kier alpha value is -2.56. The third-order valence-electron chi connectivity index (χ3n) is 4.78. The van der Waals surface area contributed by atoms with Crippen LogP contribution in [0.4, 0.5) is 11.4 Å². The molecule has 0 spiro atoms. The third kappa shape index (κ3) is 3.38. The predicted molar refractivity (Wildman–Crippen MR) is 121 cm³/mol. The molecule has 5 heteroatoms. The molecule has 3 nitrogen and oxygen atoms in total. The number of thiocarbonyl (C=S) groups is 1. The van der Waals surface area contributed by atoms with Crippen LogP contribution in [-0.2, 0) is 6.54 Å². The fraction of sp³-hybridized carbons (Fsp3) is 0.136. The molecule has 0 saturated heterocycles. The first-order valence-electron chi connectivity index (χ1n) is 8.92. The van der Waals surface area contributed by atoms with Crippen LogP contribution in [-0.4, -0.2) is 9.68 Å². The molecule has 0 atom stereocenters.